The minimum atomic E-state index is -0.258. The first-order valence-electron chi connectivity index (χ1n) is 6.67. The zero-order valence-corrected chi connectivity index (χ0v) is 12.0. The van der Waals surface area contributed by atoms with Crippen LogP contribution >= 0.6 is 0 Å². The number of morpholine rings is 1. The molecule has 0 bridgehead atoms. The first-order chi connectivity index (χ1) is 9.47. The third kappa shape index (κ3) is 3.67. The van der Waals surface area contributed by atoms with Crippen molar-refractivity contribution >= 4 is 11.9 Å². The average Bonchev–Trinajstić information content (AvgIpc) is 2.36. The molecule has 1 aromatic heterocycles. The number of hydrogen-bond donors (Lipinski definition) is 2. The van der Waals surface area contributed by atoms with Gasteiger partial charge in [-0.15, -0.1) is 0 Å². The van der Waals surface area contributed by atoms with E-state index in [2.05, 4.69) is 15.0 Å². The summed E-state index contributed by atoms with van der Waals surface area (Å²) in [6.45, 7) is 6.80. The van der Waals surface area contributed by atoms with Crippen LogP contribution in [-0.4, -0.2) is 58.1 Å². The molecule has 20 heavy (non-hydrogen) atoms. The van der Waals surface area contributed by atoms with Gasteiger partial charge in [-0.1, -0.05) is 0 Å². The number of hydrogen-bond acceptors (Lipinski definition) is 8. The summed E-state index contributed by atoms with van der Waals surface area (Å²) >= 11 is 0. The molecule has 2 unspecified atom stereocenters. The van der Waals surface area contributed by atoms with Gasteiger partial charge in [0.25, 0.3) is 0 Å². The van der Waals surface area contributed by atoms with E-state index in [0.717, 1.165) is 0 Å². The molecular weight excluding hydrogens is 262 g/mol. The lowest BCUT2D eigenvalue weighted by Crippen LogP contribution is -2.48. The van der Waals surface area contributed by atoms with Crippen molar-refractivity contribution in [2.24, 2.45) is 0 Å². The minimum absolute atomic E-state index is 0.0200. The van der Waals surface area contributed by atoms with Gasteiger partial charge in [-0.2, -0.15) is 15.0 Å². The topological polar surface area (TPSA) is 107 Å². The predicted molar refractivity (Wildman–Crippen MR) is 73.6 cm³/mol. The molecule has 112 valence electrons. The Bertz CT molecular complexity index is 457. The molecule has 0 saturated carbocycles. The summed E-state index contributed by atoms with van der Waals surface area (Å²) in [6, 6.07) is 0.210. The fourth-order valence-corrected chi connectivity index (χ4v) is 2.08. The van der Waals surface area contributed by atoms with Crippen LogP contribution in [0.3, 0.4) is 0 Å². The van der Waals surface area contributed by atoms with Crippen molar-refractivity contribution in [1.82, 2.24) is 15.0 Å². The molecule has 0 aromatic carbocycles. The Morgan fingerprint density at radius 1 is 1.40 bits per heavy atom. The first kappa shape index (κ1) is 14.7. The maximum absolute atomic E-state index is 9.25. The number of nitrogens with two attached hydrogens (primary N) is 1. The number of aromatic nitrogens is 3. The van der Waals surface area contributed by atoms with Gasteiger partial charge < -0.3 is 25.2 Å². The highest BCUT2D eigenvalue weighted by atomic mass is 16.5. The second-order valence-corrected chi connectivity index (χ2v) is 5.10. The van der Waals surface area contributed by atoms with Gasteiger partial charge in [0.1, 0.15) is 0 Å². The Morgan fingerprint density at radius 3 is 2.80 bits per heavy atom. The van der Waals surface area contributed by atoms with Gasteiger partial charge in [0.2, 0.25) is 11.9 Å². The van der Waals surface area contributed by atoms with Crippen LogP contribution in [0.25, 0.3) is 0 Å². The summed E-state index contributed by atoms with van der Waals surface area (Å²) < 4.78 is 11.0. The smallest absolute Gasteiger partial charge is 0.323 e. The van der Waals surface area contributed by atoms with Crippen molar-refractivity contribution < 1.29 is 14.6 Å². The monoisotopic (exact) mass is 283 g/mol. The molecule has 1 aromatic rings. The van der Waals surface area contributed by atoms with E-state index in [-0.39, 0.29) is 36.9 Å². The third-order valence-electron chi connectivity index (χ3n) is 2.77. The third-order valence-corrected chi connectivity index (χ3v) is 2.77. The normalized spacial score (nSPS) is 23.1. The van der Waals surface area contributed by atoms with Gasteiger partial charge >= 0.3 is 6.01 Å². The van der Waals surface area contributed by atoms with Crippen LogP contribution in [0.2, 0.25) is 0 Å². The summed E-state index contributed by atoms with van der Waals surface area (Å²) in [5.74, 6) is 0.562. The van der Waals surface area contributed by atoms with Gasteiger partial charge in [-0.3, -0.25) is 0 Å². The zero-order chi connectivity index (χ0) is 14.7. The van der Waals surface area contributed by atoms with E-state index in [1.807, 2.05) is 25.7 Å². The molecule has 8 nitrogen and oxygen atoms in total. The summed E-state index contributed by atoms with van der Waals surface area (Å²) in [6.07, 6.45) is -0.321. The molecule has 0 radical (unpaired) electrons. The maximum Gasteiger partial charge on any atom is 0.323 e. The fraction of sp³-hybridized carbons (Fsp3) is 0.750. The number of ether oxygens (including phenoxy) is 2. The zero-order valence-electron chi connectivity index (χ0n) is 12.0. The quantitative estimate of drug-likeness (QED) is 0.784. The molecule has 1 aliphatic rings. The Balaban J connectivity index is 2.20. The Kier molecular flexibility index (Phi) is 4.56. The van der Waals surface area contributed by atoms with Gasteiger partial charge in [0, 0.05) is 13.1 Å². The van der Waals surface area contributed by atoms with Gasteiger partial charge in [-0.05, 0) is 20.8 Å². The summed E-state index contributed by atoms with van der Waals surface area (Å²) in [5, 5.41) is 9.25. The van der Waals surface area contributed by atoms with Crippen molar-refractivity contribution in [3.63, 3.8) is 0 Å². The van der Waals surface area contributed by atoms with Crippen LogP contribution < -0.4 is 15.4 Å². The number of rotatable bonds is 4. The molecule has 0 amide bonds. The van der Waals surface area contributed by atoms with E-state index in [1.54, 1.807) is 0 Å². The first-order valence-corrected chi connectivity index (χ1v) is 6.67. The van der Waals surface area contributed by atoms with E-state index in [4.69, 9.17) is 15.2 Å². The standard InChI is InChI=1S/C12H21N5O3/c1-7(2)19-12-15-10(13)14-11(16-12)17-4-8(3)20-9(5-17)6-18/h7-9,18H,4-6H2,1-3H3,(H2,13,14,15,16). The van der Waals surface area contributed by atoms with Crippen molar-refractivity contribution in [3.05, 3.63) is 0 Å². The summed E-state index contributed by atoms with van der Waals surface area (Å²) in [4.78, 5) is 14.3. The van der Waals surface area contributed by atoms with Gasteiger partial charge in [0.15, 0.2) is 0 Å². The van der Waals surface area contributed by atoms with E-state index in [1.165, 1.54) is 0 Å². The van der Waals surface area contributed by atoms with Crippen LogP contribution in [0.4, 0.5) is 11.9 Å². The summed E-state index contributed by atoms with van der Waals surface area (Å²) in [7, 11) is 0. The predicted octanol–water partition coefficient (Wildman–Crippen LogP) is -0.173. The van der Waals surface area contributed by atoms with E-state index in [0.29, 0.717) is 19.0 Å². The average molecular weight is 283 g/mol. The number of nitrogens with zero attached hydrogens (tertiary/aromatic N) is 4. The molecule has 1 fully saturated rings. The molecule has 0 spiro atoms. The maximum atomic E-state index is 9.25. The number of anilines is 2. The van der Waals surface area contributed by atoms with Crippen LogP contribution in [0.1, 0.15) is 20.8 Å². The SMILES string of the molecule is CC(C)Oc1nc(N)nc(N2CC(C)OC(CO)C2)n1. The highest BCUT2D eigenvalue weighted by Crippen LogP contribution is 2.19. The molecule has 2 rings (SSSR count). The fourth-order valence-electron chi connectivity index (χ4n) is 2.08. The number of aliphatic hydroxyl groups excluding tert-OH is 1. The van der Waals surface area contributed by atoms with E-state index in [9.17, 15) is 5.11 Å². The highest BCUT2D eigenvalue weighted by molar-refractivity contribution is 5.36. The van der Waals surface area contributed by atoms with Crippen LogP contribution in [-0.2, 0) is 4.74 Å². The lowest BCUT2D eigenvalue weighted by Gasteiger charge is -2.36. The number of aliphatic hydroxyl groups is 1. The molecule has 1 aliphatic heterocycles. The molecular formula is C12H21N5O3. The second-order valence-electron chi connectivity index (χ2n) is 5.10. The highest BCUT2D eigenvalue weighted by Gasteiger charge is 2.27. The van der Waals surface area contributed by atoms with Crippen molar-refractivity contribution in [2.45, 2.75) is 39.1 Å². The molecule has 2 atom stereocenters. The lowest BCUT2D eigenvalue weighted by atomic mass is 10.2. The molecule has 3 N–H and O–H groups in total. The Morgan fingerprint density at radius 2 is 2.15 bits per heavy atom. The van der Waals surface area contributed by atoms with Crippen LogP contribution in [0.5, 0.6) is 6.01 Å². The Labute approximate surface area is 117 Å². The minimum Gasteiger partial charge on any atom is -0.461 e. The van der Waals surface area contributed by atoms with Crippen molar-refractivity contribution in [3.8, 4) is 6.01 Å². The van der Waals surface area contributed by atoms with Crippen LogP contribution in [0.15, 0.2) is 0 Å². The van der Waals surface area contributed by atoms with Crippen molar-refractivity contribution in [1.29, 1.82) is 0 Å². The van der Waals surface area contributed by atoms with Crippen LogP contribution in [0, 0.1) is 0 Å². The lowest BCUT2D eigenvalue weighted by molar-refractivity contribution is -0.0425. The molecule has 8 heteroatoms. The van der Waals surface area contributed by atoms with Gasteiger partial charge in [0.05, 0.1) is 24.9 Å². The summed E-state index contributed by atoms with van der Waals surface area (Å²) in [5.41, 5.74) is 5.69. The molecule has 2 heterocycles. The van der Waals surface area contributed by atoms with Crippen molar-refractivity contribution in [2.75, 3.05) is 30.3 Å². The van der Waals surface area contributed by atoms with E-state index >= 15 is 0 Å². The second kappa shape index (κ2) is 6.19. The Hall–Kier alpha value is -1.67. The molecule has 0 aliphatic carbocycles. The largest absolute Gasteiger partial charge is 0.461 e. The number of nitrogen functional groups attached to an aromatic ring is 1. The van der Waals surface area contributed by atoms with E-state index < -0.39 is 0 Å². The van der Waals surface area contributed by atoms with Gasteiger partial charge in [-0.25, -0.2) is 0 Å². The molecule has 1 saturated heterocycles.